The SMILES string of the molecule is CCCCC(NS(=O)(=O)c1ccc(Cl)c(F)c1Cl)C(=O)O. The van der Waals surface area contributed by atoms with Crippen molar-refractivity contribution in [3.05, 3.63) is 28.0 Å². The molecule has 21 heavy (non-hydrogen) atoms. The van der Waals surface area contributed by atoms with Crippen molar-refractivity contribution in [2.45, 2.75) is 37.1 Å². The van der Waals surface area contributed by atoms with Gasteiger partial charge in [0.2, 0.25) is 10.0 Å². The maximum atomic E-state index is 13.5. The largest absolute Gasteiger partial charge is 0.480 e. The number of hydrogen-bond donors (Lipinski definition) is 2. The van der Waals surface area contributed by atoms with E-state index in [-0.39, 0.29) is 11.4 Å². The van der Waals surface area contributed by atoms with Crippen molar-refractivity contribution in [2.24, 2.45) is 0 Å². The predicted molar refractivity (Wildman–Crippen MR) is 77.7 cm³/mol. The summed E-state index contributed by atoms with van der Waals surface area (Å²) in [6, 6.07) is 0.762. The van der Waals surface area contributed by atoms with Crippen LogP contribution in [0.25, 0.3) is 0 Å². The fourth-order valence-electron chi connectivity index (χ4n) is 1.61. The van der Waals surface area contributed by atoms with E-state index in [9.17, 15) is 17.6 Å². The second-order valence-corrected chi connectivity index (χ2v) is 6.80. The summed E-state index contributed by atoms with van der Waals surface area (Å²) >= 11 is 11.1. The van der Waals surface area contributed by atoms with Crippen LogP contribution in [0, 0.1) is 5.82 Å². The summed E-state index contributed by atoms with van der Waals surface area (Å²) in [6.45, 7) is 1.85. The van der Waals surface area contributed by atoms with Crippen LogP contribution in [-0.2, 0) is 14.8 Å². The number of nitrogens with one attached hydrogen (secondary N) is 1. The number of sulfonamides is 1. The number of hydrogen-bond acceptors (Lipinski definition) is 3. The molecule has 1 aromatic rings. The predicted octanol–water partition coefficient (Wildman–Crippen LogP) is 3.05. The van der Waals surface area contributed by atoms with Crippen molar-refractivity contribution < 1.29 is 22.7 Å². The highest BCUT2D eigenvalue weighted by molar-refractivity contribution is 7.89. The van der Waals surface area contributed by atoms with Crippen LogP contribution in [0.3, 0.4) is 0 Å². The molecule has 0 aromatic heterocycles. The third kappa shape index (κ3) is 4.54. The molecule has 0 heterocycles. The van der Waals surface area contributed by atoms with Crippen molar-refractivity contribution in [1.82, 2.24) is 4.72 Å². The van der Waals surface area contributed by atoms with Crippen molar-refractivity contribution >= 4 is 39.2 Å². The zero-order valence-electron chi connectivity index (χ0n) is 11.1. The third-order valence-electron chi connectivity index (χ3n) is 2.73. The smallest absolute Gasteiger partial charge is 0.321 e. The summed E-state index contributed by atoms with van der Waals surface area (Å²) in [5.41, 5.74) is 0. The summed E-state index contributed by atoms with van der Waals surface area (Å²) < 4.78 is 39.8. The van der Waals surface area contributed by atoms with Crippen LogP contribution < -0.4 is 4.72 Å². The molecule has 0 aliphatic rings. The molecule has 0 aliphatic carbocycles. The van der Waals surface area contributed by atoms with Gasteiger partial charge in [-0.2, -0.15) is 4.72 Å². The van der Waals surface area contributed by atoms with Gasteiger partial charge in [0.05, 0.1) is 10.0 Å². The van der Waals surface area contributed by atoms with Crippen molar-refractivity contribution in [3.8, 4) is 0 Å². The maximum absolute atomic E-state index is 13.5. The van der Waals surface area contributed by atoms with E-state index in [4.69, 9.17) is 28.3 Å². The van der Waals surface area contributed by atoms with Gasteiger partial charge in [-0.05, 0) is 18.6 Å². The Morgan fingerprint density at radius 3 is 2.57 bits per heavy atom. The summed E-state index contributed by atoms with van der Waals surface area (Å²) in [7, 11) is -4.27. The average Bonchev–Trinajstić information content (AvgIpc) is 2.40. The van der Waals surface area contributed by atoms with E-state index < -0.39 is 37.8 Å². The summed E-state index contributed by atoms with van der Waals surface area (Å²) in [4.78, 5) is 10.5. The molecule has 2 N–H and O–H groups in total. The van der Waals surface area contributed by atoms with Gasteiger partial charge in [0.1, 0.15) is 10.9 Å². The first-order valence-electron chi connectivity index (χ1n) is 6.09. The molecule has 1 rings (SSSR count). The molecule has 0 saturated carbocycles. The highest BCUT2D eigenvalue weighted by Crippen LogP contribution is 2.29. The van der Waals surface area contributed by atoms with E-state index in [0.29, 0.717) is 12.8 Å². The Bertz CT molecular complexity index is 636. The lowest BCUT2D eigenvalue weighted by Crippen LogP contribution is -2.40. The first-order valence-corrected chi connectivity index (χ1v) is 8.33. The molecule has 0 saturated heterocycles. The molecule has 9 heteroatoms. The fraction of sp³-hybridized carbons (Fsp3) is 0.417. The molecule has 0 radical (unpaired) electrons. The molecule has 0 spiro atoms. The molecule has 5 nitrogen and oxygen atoms in total. The minimum absolute atomic E-state index is 0.124. The van der Waals surface area contributed by atoms with Crippen LogP contribution in [0.4, 0.5) is 4.39 Å². The minimum Gasteiger partial charge on any atom is -0.480 e. The lowest BCUT2D eigenvalue weighted by atomic mass is 10.1. The number of carboxylic acid groups (broad SMARTS) is 1. The zero-order valence-corrected chi connectivity index (χ0v) is 13.4. The highest BCUT2D eigenvalue weighted by Gasteiger charge is 2.28. The Morgan fingerprint density at radius 1 is 1.43 bits per heavy atom. The van der Waals surface area contributed by atoms with E-state index in [1.165, 1.54) is 0 Å². The van der Waals surface area contributed by atoms with Crippen LogP contribution in [0.15, 0.2) is 17.0 Å². The third-order valence-corrected chi connectivity index (χ3v) is 5.02. The van der Waals surface area contributed by atoms with Gasteiger partial charge in [-0.1, -0.05) is 43.0 Å². The molecule has 1 unspecified atom stereocenters. The number of halogens is 3. The monoisotopic (exact) mass is 357 g/mol. The van der Waals surface area contributed by atoms with Crippen LogP contribution in [0.1, 0.15) is 26.2 Å². The highest BCUT2D eigenvalue weighted by atomic mass is 35.5. The number of carboxylic acids is 1. The van der Waals surface area contributed by atoms with E-state index >= 15 is 0 Å². The number of aliphatic carboxylic acids is 1. The van der Waals surface area contributed by atoms with Crippen LogP contribution >= 0.6 is 23.2 Å². The Balaban J connectivity index is 3.11. The molecule has 0 bridgehead atoms. The molecule has 118 valence electrons. The van der Waals surface area contributed by atoms with Gasteiger partial charge >= 0.3 is 5.97 Å². The van der Waals surface area contributed by atoms with Gasteiger partial charge in [0.25, 0.3) is 0 Å². The molecule has 1 aromatic carbocycles. The summed E-state index contributed by atoms with van der Waals surface area (Å²) in [5, 5.41) is 8.03. The molecular weight excluding hydrogens is 344 g/mol. The van der Waals surface area contributed by atoms with Gasteiger partial charge in [-0.3, -0.25) is 4.79 Å². The lowest BCUT2D eigenvalue weighted by Gasteiger charge is -2.15. The number of unbranched alkanes of at least 4 members (excludes halogenated alkanes) is 1. The number of rotatable bonds is 7. The van der Waals surface area contributed by atoms with Gasteiger partial charge in [-0.25, -0.2) is 12.8 Å². The molecular formula is C12H14Cl2FNO4S. The Labute approximate surface area is 132 Å². The second kappa shape index (κ2) is 7.40. The number of benzene rings is 1. The zero-order chi connectivity index (χ0) is 16.2. The van der Waals surface area contributed by atoms with Gasteiger partial charge < -0.3 is 5.11 Å². The van der Waals surface area contributed by atoms with Crippen LogP contribution in [0.2, 0.25) is 10.0 Å². The molecule has 0 aliphatic heterocycles. The topological polar surface area (TPSA) is 83.5 Å². The van der Waals surface area contributed by atoms with Crippen molar-refractivity contribution in [3.63, 3.8) is 0 Å². The van der Waals surface area contributed by atoms with Crippen LogP contribution in [-0.4, -0.2) is 25.5 Å². The van der Waals surface area contributed by atoms with E-state index in [1.54, 1.807) is 0 Å². The molecule has 0 amide bonds. The summed E-state index contributed by atoms with van der Waals surface area (Å²) in [5.74, 6) is -2.38. The average molecular weight is 358 g/mol. The Morgan fingerprint density at radius 2 is 2.05 bits per heavy atom. The van der Waals surface area contributed by atoms with E-state index in [0.717, 1.165) is 12.1 Å². The quantitative estimate of drug-likeness (QED) is 0.734. The molecule has 1 atom stereocenters. The van der Waals surface area contributed by atoms with Crippen molar-refractivity contribution in [2.75, 3.05) is 0 Å². The summed E-state index contributed by atoms with van der Waals surface area (Å²) in [6.07, 6.45) is 1.36. The normalized spacial score (nSPS) is 13.1. The van der Waals surface area contributed by atoms with Crippen molar-refractivity contribution in [1.29, 1.82) is 0 Å². The fourth-order valence-corrected chi connectivity index (χ4v) is 3.58. The van der Waals surface area contributed by atoms with Gasteiger partial charge in [-0.15, -0.1) is 0 Å². The minimum atomic E-state index is -4.27. The van der Waals surface area contributed by atoms with E-state index in [2.05, 4.69) is 0 Å². The first-order chi connectivity index (χ1) is 9.70. The van der Waals surface area contributed by atoms with Crippen LogP contribution in [0.5, 0.6) is 0 Å². The Kier molecular flexibility index (Phi) is 6.40. The second-order valence-electron chi connectivity index (χ2n) is 4.33. The van der Waals surface area contributed by atoms with Gasteiger partial charge in [0, 0.05) is 0 Å². The lowest BCUT2D eigenvalue weighted by molar-refractivity contribution is -0.139. The van der Waals surface area contributed by atoms with E-state index in [1.807, 2.05) is 11.6 Å². The number of carbonyl (C=O) groups is 1. The first kappa shape index (κ1) is 18.2. The maximum Gasteiger partial charge on any atom is 0.321 e. The van der Waals surface area contributed by atoms with Gasteiger partial charge in [0.15, 0.2) is 5.82 Å². The Hall–Kier alpha value is -0.890. The molecule has 0 fully saturated rings. The standard InChI is InChI=1S/C12H14Cl2FNO4S/c1-2-3-4-8(12(17)18)16-21(19,20)9-6-5-7(13)11(15)10(9)14/h5-6,8,16H,2-4H2,1H3,(H,17,18).